The van der Waals surface area contributed by atoms with Gasteiger partial charge in [-0.1, -0.05) is 192 Å². The van der Waals surface area contributed by atoms with Crippen LogP contribution in [0.5, 0.6) is 0 Å². The van der Waals surface area contributed by atoms with E-state index in [2.05, 4.69) is 50.3 Å². The number of carbonyl (C=O) groups excluding carboxylic acids is 2. The third-order valence-corrected chi connectivity index (χ3v) is 11.0. The number of rotatable bonds is 44. The molecule has 0 aliphatic rings. The van der Waals surface area contributed by atoms with Crippen LogP contribution in [0.15, 0.2) is 36.5 Å². The molecule has 0 aliphatic heterocycles. The Morgan fingerprint density at radius 3 is 1.39 bits per heavy atom. The smallest absolute Gasteiger partial charge is 0.462 e. The number of carbonyl (C=O) groups is 2. The first-order chi connectivity index (χ1) is 27.8. The summed E-state index contributed by atoms with van der Waals surface area (Å²) in [5, 5.41) is 0. The molecule has 10 heteroatoms. The van der Waals surface area contributed by atoms with Crippen LogP contribution in [0.3, 0.4) is 0 Å². The number of nitrogens with two attached hydrogens (primary N) is 1. The van der Waals surface area contributed by atoms with Crippen molar-refractivity contribution in [3.63, 3.8) is 0 Å². The van der Waals surface area contributed by atoms with Crippen LogP contribution in [0.25, 0.3) is 0 Å². The molecule has 0 saturated heterocycles. The van der Waals surface area contributed by atoms with Gasteiger partial charge in [0.2, 0.25) is 0 Å². The van der Waals surface area contributed by atoms with Crippen molar-refractivity contribution in [3.8, 4) is 0 Å². The Labute approximate surface area is 350 Å². The minimum absolute atomic E-state index is 0.0500. The Bertz CT molecular complexity index is 1030. The van der Waals surface area contributed by atoms with E-state index in [4.69, 9.17) is 24.3 Å². The summed E-state index contributed by atoms with van der Waals surface area (Å²) in [5.41, 5.74) is 5.35. The number of ether oxygens (including phenoxy) is 2. The standard InChI is InChI=1S/C47H88NO8P/c1-3-5-7-9-11-13-15-17-19-21-22-24-25-27-29-31-33-35-37-39-46(49)53-43-45(44-55-57(51,52)54-42-41-48)56-47(50)40-38-36-34-32-30-28-26-23-20-18-16-14-12-10-8-6-4-2/h12,14,18,20,26,28,45H,3-11,13,15-17,19,21-25,27,29-44,48H2,1-2H3,(H,51,52)/t45-/m1/s1. The molecule has 0 aliphatic carbocycles. The largest absolute Gasteiger partial charge is 0.472 e. The zero-order valence-electron chi connectivity index (χ0n) is 36.8. The maximum absolute atomic E-state index is 12.6. The molecule has 0 radical (unpaired) electrons. The fourth-order valence-electron chi connectivity index (χ4n) is 6.52. The normalized spacial score (nSPS) is 13.5. The van der Waals surface area contributed by atoms with E-state index in [1.165, 1.54) is 128 Å². The molecule has 0 fully saturated rings. The van der Waals surface area contributed by atoms with Gasteiger partial charge in [-0.05, 0) is 51.4 Å². The van der Waals surface area contributed by atoms with Crippen LogP contribution in [0.4, 0.5) is 0 Å². The number of phosphoric acid groups is 1. The lowest BCUT2D eigenvalue weighted by Gasteiger charge is -2.19. The maximum atomic E-state index is 12.6. The minimum Gasteiger partial charge on any atom is -0.462 e. The molecule has 1 unspecified atom stereocenters. The van der Waals surface area contributed by atoms with Crippen LogP contribution in [0, 0.1) is 0 Å². The van der Waals surface area contributed by atoms with Crippen molar-refractivity contribution in [3.05, 3.63) is 36.5 Å². The highest BCUT2D eigenvalue weighted by Crippen LogP contribution is 2.43. The van der Waals surface area contributed by atoms with E-state index in [1.54, 1.807) is 0 Å². The topological polar surface area (TPSA) is 134 Å². The molecule has 0 aromatic heterocycles. The second-order valence-corrected chi connectivity index (χ2v) is 17.1. The predicted octanol–water partition coefficient (Wildman–Crippen LogP) is 13.7. The van der Waals surface area contributed by atoms with Gasteiger partial charge in [-0.25, -0.2) is 4.57 Å². The SMILES string of the molecule is CCCCCC=CCC=CCC=CCCCCCCC(=O)O[C@H](COC(=O)CCCCCCCCCCCCCCCCCCCCC)COP(=O)(O)OCCN. The molecule has 334 valence electrons. The van der Waals surface area contributed by atoms with Crippen molar-refractivity contribution in [1.29, 1.82) is 0 Å². The first-order valence-electron chi connectivity index (χ1n) is 23.5. The van der Waals surface area contributed by atoms with Gasteiger partial charge in [0.25, 0.3) is 0 Å². The Kier molecular flexibility index (Phi) is 42.4. The lowest BCUT2D eigenvalue weighted by atomic mass is 10.0. The van der Waals surface area contributed by atoms with Crippen LogP contribution in [0.2, 0.25) is 0 Å². The summed E-state index contributed by atoms with van der Waals surface area (Å²) in [6, 6.07) is 0. The molecule has 0 heterocycles. The summed E-state index contributed by atoms with van der Waals surface area (Å²) in [5.74, 6) is -0.846. The number of hydrogen-bond acceptors (Lipinski definition) is 8. The van der Waals surface area contributed by atoms with Crippen LogP contribution in [-0.4, -0.2) is 49.3 Å². The van der Waals surface area contributed by atoms with E-state index in [9.17, 15) is 19.0 Å². The molecular formula is C47H88NO8P. The quantitative estimate of drug-likeness (QED) is 0.0266. The second kappa shape index (κ2) is 43.8. The molecule has 0 saturated carbocycles. The summed E-state index contributed by atoms with van der Waals surface area (Å²) in [7, 11) is -4.38. The van der Waals surface area contributed by atoms with Gasteiger partial charge < -0.3 is 20.1 Å². The number of phosphoric ester groups is 1. The summed E-state index contributed by atoms with van der Waals surface area (Å²) < 4.78 is 32.8. The first-order valence-corrected chi connectivity index (χ1v) is 25.0. The summed E-state index contributed by atoms with van der Waals surface area (Å²) >= 11 is 0. The van der Waals surface area contributed by atoms with E-state index >= 15 is 0 Å². The number of allylic oxidation sites excluding steroid dienone is 6. The molecule has 0 aromatic carbocycles. The third kappa shape index (κ3) is 43.6. The van der Waals surface area contributed by atoms with Crippen molar-refractivity contribution in [1.82, 2.24) is 0 Å². The monoisotopic (exact) mass is 826 g/mol. The van der Waals surface area contributed by atoms with Crippen molar-refractivity contribution in [2.75, 3.05) is 26.4 Å². The molecule has 0 aromatic rings. The molecule has 9 nitrogen and oxygen atoms in total. The molecule has 0 bridgehead atoms. The number of esters is 2. The van der Waals surface area contributed by atoms with E-state index < -0.39 is 26.5 Å². The zero-order valence-corrected chi connectivity index (χ0v) is 37.7. The molecule has 3 N–H and O–H groups in total. The molecule has 0 rings (SSSR count). The van der Waals surface area contributed by atoms with Crippen LogP contribution >= 0.6 is 7.82 Å². The highest BCUT2D eigenvalue weighted by Gasteiger charge is 2.26. The summed E-state index contributed by atoms with van der Waals surface area (Å²) in [4.78, 5) is 34.9. The van der Waals surface area contributed by atoms with Gasteiger partial charge in [-0.3, -0.25) is 18.6 Å². The molecule has 0 amide bonds. The fraction of sp³-hybridized carbons (Fsp3) is 0.830. The van der Waals surface area contributed by atoms with Crippen LogP contribution < -0.4 is 5.73 Å². The highest BCUT2D eigenvalue weighted by atomic mass is 31.2. The van der Waals surface area contributed by atoms with Gasteiger partial charge in [0.15, 0.2) is 6.10 Å². The second-order valence-electron chi connectivity index (χ2n) is 15.6. The Hall–Kier alpha value is -1.77. The van der Waals surface area contributed by atoms with Crippen LogP contribution in [-0.2, 0) is 32.7 Å². The summed E-state index contributed by atoms with van der Waals surface area (Å²) in [6.07, 6.45) is 48.9. The Balaban J connectivity index is 4.12. The Morgan fingerprint density at radius 1 is 0.526 bits per heavy atom. The van der Waals surface area contributed by atoms with Gasteiger partial charge in [0.05, 0.1) is 13.2 Å². The van der Waals surface area contributed by atoms with E-state index in [0.717, 1.165) is 57.8 Å². The van der Waals surface area contributed by atoms with Gasteiger partial charge in [0, 0.05) is 19.4 Å². The zero-order chi connectivity index (χ0) is 41.8. The molecule has 0 spiro atoms. The van der Waals surface area contributed by atoms with Crippen molar-refractivity contribution >= 4 is 19.8 Å². The minimum atomic E-state index is -4.38. The van der Waals surface area contributed by atoms with E-state index in [0.29, 0.717) is 6.42 Å². The number of unbranched alkanes of at least 4 members (excludes halogenated alkanes) is 25. The molecular weight excluding hydrogens is 737 g/mol. The average molecular weight is 826 g/mol. The Morgan fingerprint density at radius 2 is 0.912 bits per heavy atom. The molecule has 57 heavy (non-hydrogen) atoms. The highest BCUT2D eigenvalue weighted by molar-refractivity contribution is 7.47. The van der Waals surface area contributed by atoms with Gasteiger partial charge in [0.1, 0.15) is 6.61 Å². The van der Waals surface area contributed by atoms with Gasteiger partial charge in [-0.2, -0.15) is 0 Å². The van der Waals surface area contributed by atoms with Crippen molar-refractivity contribution in [2.45, 2.75) is 225 Å². The van der Waals surface area contributed by atoms with Crippen LogP contribution in [0.1, 0.15) is 219 Å². The number of hydrogen-bond donors (Lipinski definition) is 2. The third-order valence-electron chi connectivity index (χ3n) is 10.0. The van der Waals surface area contributed by atoms with Crippen molar-refractivity contribution < 1.29 is 37.6 Å². The predicted molar refractivity (Wildman–Crippen MR) is 238 cm³/mol. The fourth-order valence-corrected chi connectivity index (χ4v) is 7.29. The average Bonchev–Trinajstić information content (AvgIpc) is 3.20. The molecule has 2 atom stereocenters. The van der Waals surface area contributed by atoms with Gasteiger partial charge in [-0.15, -0.1) is 0 Å². The lowest BCUT2D eigenvalue weighted by molar-refractivity contribution is -0.161. The summed E-state index contributed by atoms with van der Waals surface area (Å²) in [6.45, 7) is 3.70. The van der Waals surface area contributed by atoms with E-state index in [-0.39, 0.29) is 38.6 Å². The van der Waals surface area contributed by atoms with E-state index in [1.807, 2.05) is 0 Å². The van der Waals surface area contributed by atoms with Gasteiger partial charge >= 0.3 is 19.8 Å². The maximum Gasteiger partial charge on any atom is 0.472 e. The van der Waals surface area contributed by atoms with Crippen molar-refractivity contribution in [2.24, 2.45) is 5.73 Å². The first kappa shape index (κ1) is 55.2. The lowest BCUT2D eigenvalue weighted by Crippen LogP contribution is -2.29.